The Labute approximate surface area is 75.6 Å². The molecule has 0 radical (unpaired) electrons. The molecule has 0 aliphatic carbocycles. The van der Waals surface area contributed by atoms with Gasteiger partial charge in [-0.3, -0.25) is 14.4 Å². The van der Waals surface area contributed by atoms with Crippen LogP contribution in [-0.2, 0) is 0 Å². The van der Waals surface area contributed by atoms with Crippen molar-refractivity contribution in [2.75, 3.05) is 0 Å². The van der Waals surface area contributed by atoms with E-state index in [9.17, 15) is 14.4 Å². The van der Waals surface area contributed by atoms with Crippen molar-refractivity contribution in [1.82, 2.24) is 14.4 Å². The Morgan fingerprint density at radius 1 is 1.36 bits per heavy atom. The van der Waals surface area contributed by atoms with E-state index in [0.29, 0.717) is 0 Å². The molecule has 0 unspecified atom stereocenters. The van der Waals surface area contributed by atoms with Crippen LogP contribution in [0.15, 0.2) is 21.9 Å². The Bertz CT molecular complexity index is 618. The lowest BCUT2D eigenvalue weighted by molar-refractivity contribution is 0.0697. The lowest BCUT2D eigenvalue weighted by Gasteiger charge is -1.89. The number of aromatic amines is 2. The lowest BCUT2D eigenvalue weighted by Crippen LogP contribution is -2.26. The van der Waals surface area contributed by atoms with Gasteiger partial charge in [0.1, 0.15) is 5.65 Å². The van der Waals surface area contributed by atoms with Gasteiger partial charge in [-0.2, -0.15) is 0 Å². The number of carbonyl (C=O) groups is 1. The van der Waals surface area contributed by atoms with Gasteiger partial charge in [-0.05, 0) is 6.07 Å². The fourth-order valence-electron chi connectivity index (χ4n) is 1.15. The molecule has 0 fully saturated rings. The van der Waals surface area contributed by atoms with Crippen LogP contribution in [0.5, 0.6) is 0 Å². The van der Waals surface area contributed by atoms with Crippen LogP contribution in [0.4, 0.5) is 0 Å². The molecule has 0 aromatic carbocycles. The largest absolute Gasteiger partial charge is 0.478 e. The molecule has 2 aromatic heterocycles. The molecule has 7 nitrogen and oxygen atoms in total. The van der Waals surface area contributed by atoms with E-state index in [-0.39, 0.29) is 11.2 Å². The van der Waals surface area contributed by atoms with Gasteiger partial charge in [0.15, 0.2) is 0 Å². The number of nitrogens with zero attached hydrogens (tertiary/aromatic N) is 1. The summed E-state index contributed by atoms with van der Waals surface area (Å²) in [6.45, 7) is 0. The zero-order valence-corrected chi connectivity index (χ0v) is 6.77. The predicted molar refractivity (Wildman–Crippen MR) is 45.6 cm³/mol. The van der Waals surface area contributed by atoms with E-state index in [1.165, 1.54) is 6.07 Å². The van der Waals surface area contributed by atoms with Gasteiger partial charge in [0, 0.05) is 6.20 Å². The van der Waals surface area contributed by atoms with Gasteiger partial charge in [-0.15, -0.1) is 0 Å². The molecule has 0 spiro atoms. The monoisotopic (exact) mass is 195 g/mol. The van der Waals surface area contributed by atoms with Crippen LogP contribution < -0.4 is 11.4 Å². The number of carboxylic acids is 1. The second-order valence-corrected chi connectivity index (χ2v) is 2.67. The van der Waals surface area contributed by atoms with E-state index in [1.54, 1.807) is 0 Å². The molecule has 2 aromatic rings. The summed E-state index contributed by atoms with van der Waals surface area (Å²) in [6.07, 6.45) is 1.13. The van der Waals surface area contributed by atoms with Crippen molar-refractivity contribution in [3.05, 3.63) is 38.8 Å². The molecule has 2 heterocycles. The highest BCUT2D eigenvalue weighted by Gasteiger charge is 2.08. The molecular weight excluding hydrogens is 190 g/mol. The first-order chi connectivity index (χ1) is 6.58. The van der Waals surface area contributed by atoms with Gasteiger partial charge < -0.3 is 5.11 Å². The molecule has 0 saturated carbocycles. The number of rotatable bonds is 1. The number of hydrogen-bond acceptors (Lipinski definition) is 3. The first-order valence-corrected chi connectivity index (χ1v) is 3.66. The van der Waals surface area contributed by atoms with Crippen LogP contribution in [0.3, 0.4) is 0 Å². The number of aromatic nitrogens is 3. The summed E-state index contributed by atoms with van der Waals surface area (Å²) in [5, 5.41) is 8.63. The molecule has 72 valence electrons. The van der Waals surface area contributed by atoms with Crippen LogP contribution in [0.1, 0.15) is 10.4 Å². The van der Waals surface area contributed by atoms with Gasteiger partial charge in [-0.25, -0.2) is 14.4 Å². The number of fused-ring (bicyclic) bond motifs is 1. The third-order valence-corrected chi connectivity index (χ3v) is 1.75. The Kier molecular flexibility index (Phi) is 1.53. The first kappa shape index (κ1) is 8.30. The SMILES string of the molecule is O=C(O)c1cc2[nH]c(=O)[nH]c(=O)n2c1. The molecule has 3 N–H and O–H groups in total. The Hall–Kier alpha value is -2.31. The molecular formula is C7H5N3O4. The van der Waals surface area contributed by atoms with E-state index in [1.807, 2.05) is 4.98 Å². The number of aromatic carboxylic acids is 1. The topological polar surface area (TPSA) is 107 Å². The molecule has 0 atom stereocenters. The Morgan fingerprint density at radius 2 is 2.07 bits per heavy atom. The molecule has 2 rings (SSSR count). The molecule has 0 saturated heterocycles. The number of H-pyrrole nitrogens is 2. The smallest absolute Gasteiger partial charge is 0.337 e. The third-order valence-electron chi connectivity index (χ3n) is 1.75. The highest BCUT2D eigenvalue weighted by Crippen LogP contribution is 2.02. The maximum absolute atomic E-state index is 11.1. The highest BCUT2D eigenvalue weighted by molar-refractivity contribution is 5.88. The lowest BCUT2D eigenvalue weighted by atomic mass is 10.3. The molecule has 0 bridgehead atoms. The van der Waals surface area contributed by atoms with Crippen molar-refractivity contribution in [2.24, 2.45) is 0 Å². The summed E-state index contributed by atoms with van der Waals surface area (Å²) in [6, 6.07) is 1.21. The van der Waals surface area contributed by atoms with E-state index in [4.69, 9.17) is 5.11 Å². The van der Waals surface area contributed by atoms with Gasteiger partial charge in [0.2, 0.25) is 0 Å². The standard InChI is InChI=1S/C7H5N3O4/c11-5(12)3-1-4-8-6(13)9-7(14)10(4)2-3/h1-2H,(H,11,12)(H2,8,9,13,14). The minimum Gasteiger partial charge on any atom is -0.478 e. The molecule has 0 aliphatic rings. The van der Waals surface area contributed by atoms with Crippen molar-refractivity contribution in [3.63, 3.8) is 0 Å². The summed E-state index contributed by atoms with van der Waals surface area (Å²) in [4.78, 5) is 36.8. The minimum atomic E-state index is -1.16. The van der Waals surface area contributed by atoms with Crippen LogP contribution in [0.25, 0.3) is 5.65 Å². The summed E-state index contributed by atoms with van der Waals surface area (Å²) in [7, 11) is 0. The van der Waals surface area contributed by atoms with Crippen molar-refractivity contribution in [2.45, 2.75) is 0 Å². The van der Waals surface area contributed by atoms with Crippen LogP contribution in [0, 0.1) is 0 Å². The normalized spacial score (nSPS) is 10.6. The van der Waals surface area contributed by atoms with Crippen LogP contribution in [-0.4, -0.2) is 25.4 Å². The zero-order valence-electron chi connectivity index (χ0n) is 6.77. The maximum atomic E-state index is 11.1. The predicted octanol–water partition coefficient (Wildman–Crippen LogP) is -0.986. The van der Waals surface area contributed by atoms with Gasteiger partial charge in [-0.1, -0.05) is 0 Å². The Morgan fingerprint density at radius 3 is 2.71 bits per heavy atom. The van der Waals surface area contributed by atoms with E-state index in [0.717, 1.165) is 10.6 Å². The molecule has 14 heavy (non-hydrogen) atoms. The van der Waals surface area contributed by atoms with Gasteiger partial charge in [0.05, 0.1) is 5.56 Å². The summed E-state index contributed by atoms with van der Waals surface area (Å²) < 4.78 is 1.02. The molecule has 0 aliphatic heterocycles. The van der Waals surface area contributed by atoms with Crippen molar-refractivity contribution in [1.29, 1.82) is 0 Å². The summed E-state index contributed by atoms with van der Waals surface area (Å²) in [5.74, 6) is -1.16. The summed E-state index contributed by atoms with van der Waals surface area (Å²) in [5.41, 5.74) is -1.25. The van der Waals surface area contributed by atoms with Crippen LogP contribution >= 0.6 is 0 Å². The highest BCUT2D eigenvalue weighted by atomic mass is 16.4. The third kappa shape index (κ3) is 1.11. The number of carboxylic acid groups (broad SMARTS) is 1. The average molecular weight is 195 g/mol. The molecule has 0 amide bonds. The second-order valence-electron chi connectivity index (χ2n) is 2.67. The van der Waals surface area contributed by atoms with E-state index in [2.05, 4.69) is 4.98 Å². The van der Waals surface area contributed by atoms with Gasteiger partial charge >= 0.3 is 17.3 Å². The first-order valence-electron chi connectivity index (χ1n) is 3.66. The fourth-order valence-corrected chi connectivity index (χ4v) is 1.15. The average Bonchev–Trinajstić information content (AvgIpc) is 2.47. The Balaban J connectivity index is 2.90. The zero-order chi connectivity index (χ0) is 10.3. The van der Waals surface area contributed by atoms with E-state index < -0.39 is 17.3 Å². The van der Waals surface area contributed by atoms with Crippen LogP contribution in [0.2, 0.25) is 0 Å². The van der Waals surface area contributed by atoms with Crippen molar-refractivity contribution in [3.8, 4) is 0 Å². The maximum Gasteiger partial charge on any atom is 0.337 e. The fraction of sp³-hybridized carbons (Fsp3) is 0. The van der Waals surface area contributed by atoms with E-state index >= 15 is 0 Å². The minimum absolute atomic E-state index is 0.0580. The van der Waals surface area contributed by atoms with Crippen molar-refractivity contribution >= 4 is 11.6 Å². The van der Waals surface area contributed by atoms with Gasteiger partial charge in [0.25, 0.3) is 0 Å². The number of nitrogens with one attached hydrogen (secondary N) is 2. The second kappa shape index (κ2) is 2.59. The summed E-state index contributed by atoms with van der Waals surface area (Å²) >= 11 is 0. The van der Waals surface area contributed by atoms with Crippen molar-refractivity contribution < 1.29 is 9.90 Å². The quantitative estimate of drug-likeness (QED) is 0.543. The molecule has 7 heteroatoms. The number of hydrogen-bond donors (Lipinski definition) is 3.